The Morgan fingerprint density at radius 3 is 2.42 bits per heavy atom. The van der Waals surface area contributed by atoms with Crippen molar-refractivity contribution in [3.05, 3.63) is 23.8 Å². The first kappa shape index (κ1) is 14.1. The van der Waals surface area contributed by atoms with Gasteiger partial charge in [0.05, 0.1) is 17.0 Å². The average Bonchev–Trinajstić information content (AvgIpc) is 2.57. The first-order valence-corrected chi connectivity index (χ1v) is 6.71. The third kappa shape index (κ3) is 3.56. The summed E-state index contributed by atoms with van der Waals surface area (Å²) in [5.74, 6) is -1.46. The molecule has 0 unspecified atom stereocenters. The van der Waals surface area contributed by atoms with Crippen molar-refractivity contribution in [2.45, 2.75) is 44.1 Å². The zero-order valence-corrected chi connectivity index (χ0v) is 10.9. The summed E-state index contributed by atoms with van der Waals surface area (Å²) in [5, 5.41) is 13.3. The number of benzene rings is 1. The van der Waals surface area contributed by atoms with Crippen molar-refractivity contribution in [3.63, 3.8) is 0 Å². The third-order valence-electron chi connectivity index (χ3n) is 3.74. The van der Waals surface area contributed by atoms with E-state index >= 15 is 0 Å². The highest BCUT2D eigenvalue weighted by Gasteiger charge is 2.28. The van der Waals surface area contributed by atoms with Gasteiger partial charge >= 0.3 is 0 Å². The van der Waals surface area contributed by atoms with Crippen molar-refractivity contribution in [1.82, 2.24) is 0 Å². The highest BCUT2D eigenvalue weighted by Crippen LogP contribution is 2.29. The second kappa shape index (κ2) is 5.74. The lowest BCUT2D eigenvalue weighted by atomic mass is 9.94. The number of nitrogens with two attached hydrogens (primary N) is 1. The number of nitrogen functional groups attached to an aromatic ring is 1. The molecule has 0 radical (unpaired) electrons. The Hall–Kier alpha value is -1.36. The minimum Gasteiger partial charge on any atom is -0.395 e. The summed E-state index contributed by atoms with van der Waals surface area (Å²) in [6.45, 7) is 0.264. The van der Waals surface area contributed by atoms with Crippen LogP contribution in [0.5, 0.6) is 0 Å². The molecule has 0 atom stereocenters. The first-order valence-electron chi connectivity index (χ1n) is 6.71. The minimum absolute atomic E-state index is 0.112. The molecule has 0 amide bonds. The molecule has 0 spiro atoms. The molecule has 5 heteroatoms. The average molecular weight is 270 g/mol. The summed E-state index contributed by atoms with van der Waals surface area (Å²) in [7, 11) is 0. The number of hydrogen-bond donors (Lipinski definition) is 3. The maximum Gasteiger partial charge on any atom is 0.151 e. The van der Waals surface area contributed by atoms with Crippen molar-refractivity contribution < 1.29 is 13.9 Å². The molecule has 0 saturated heterocycles. The van der Waals surface area contributed by atoms with Crippen LogP contribution < -0.4 is 11.1 Å². The standard InChI is InChI=1S/C14H20F2N2O/c15-10-7-11(16)13(17)12(8-10)18-9-14(19)5-3-1-2-4-6-14/h7-8,18-19H,1-6,9,17H2. The Bertz CT molecular complexity index is 443. The van der Waals surface area contributed by atoms with Crippen LogP contribution in [-0.2, 0) is 0 Å². The van der Waals surface area contributed by atoms with Gasteiger partial charge < -0.3 is 16.2 Å². The monoisotopic (exact) mass is 270 g/mol. The van der Waals surface area contributed by atoms with Crippen LogP contribution in [0.2, 0.25) is 0 Å². The summed E-state index contributed by atoms with van der Waals surface area (Å²) in [4.78, 5) is 0. The summed E-state index contributed by atoms with van der Waals surface area (Å²) in [6.07, 6.45) is 5.61. The van der Waals surface area contributed by atoms with Crippen LogP contribution in [0.4, 0.5) is 20.2 Å². The maximum absolute atomic E-state index is 13.3. The molecule has 1 aromatic carbocycles. The second-order valence-corrected chi connectivity index (χ2v) is 5.34. The van der Waals surface area contributed by atoms with Crippen LogP contribution in [0.1, 0.15) is 38.5 Å². The van der Waals surface area contributed by atoms with Crippen molar-refractivity contribution in [2.75, 3.05) is 17.6 Å². The van der Waals surface area contributed by atoms with Crippen LogP contribution in [0.25, 0.3) is 0 Å². The van der Waals surface area contributed by atoms with Crippen molar-refractivity contribution in [2.24, 2.45) is 0 Å². The topological polar surface area (TPSA) is 58.3 Å². The summed E-state index contributed by atoms with van der Waals surface area (Å²) in [5.41, 5.74) is 4.83. The van der Waals surface area contributed by atoms with E-state index in [1.54, 1.807) is 0 Å². The minimum atomic E-state index is -0.814. The molecule has 19 heavy (non-hydrogen) atoms. The smallest absolute Gasteiger partial charge is 0.151 e. The number of rotatable bonds is 3. The van der Waals surface area contributed by atoms with Crippen LogP contribution in [0.3, 0.4) is 0 Å². The molecule has 2 rings (SSSR count). The summed E-state index contributed by atoms with van der Waals surface area (Å²) in [6, 6.07) is 1.90. The van der Waals surface area contributed by atoms with Crippen molar-refractivity contribution >= 4 is 11.4 Å². The van der Waals surface area contributed by atoms with Crippen molar-refractivity contribution in [3.8, 4) is 0 Å². The van der Waals surface area contributed by atoms with E-state index in [0.717, 1.165) is 37.8 Å². The molecule has 1 aromatic rings. The summed E-state index contributed by atoms with van der Waals surface area (Å²) < 4.78 is 26.4. The number of aliphatic hydroxyl groups is 1. The van der Waals surface area contributed by atoms with Gasteiger partial charge in [0.2, 0.25) is 0 Å². The SMILES string of the molecule is Nc1c(F)cc(F)cc1NCC1(O)CCCCCC1. The van der Waals surface area contributed by atoms with Gasteiger partial charge in [-0.15, -0.1) is 0 Å². The van der Waals surface area contributed by atoms with Gasteiger partial charge in [-0.1, -0.05) is 25.7 Å². The molecule has 0 aliphatic heterocycles. The zero-order chi connectivity index (χ0) is 13.9. The lowest BCUT2D eigenvalue weighted by Crippen LogP contribution is -2.36. The predicted octanol–water partition coefficient (Wildman–Crippen LogP) is 3.04. The Balaban J connectivity index is 2.05. The lowest BCUT2D eigenvalue weighted by molar-refractivity contribution is 0.0381. The fraction of sp³-hybridized carbons (Fsp3) is 0.571. The van der Waals surface area contributed by atoms with Gasteiger partial charge in [0.15, 0.2) is 5.82 Å². The predicted molar refractivity (Wildman–Crippen MR) is 71.9 cm³/mol. The van der Waals surface area contributed by atoms with E-state index in [-0.39, 0.29) is 17.9 Å². The molecule has 3 nitrogen and oxygen atoms in total. The highest BCUT2D eigenvalue weighted by molar-refractivity contribution is 5.66. The van der Waals surface area contributed by atoms with Crippen LogP contribution in [-0.4, -0.2) is 17.3 Å². The Morgan fingerprint density at radius 1 is 1.16 bits per heavy atom. The van der Waals surface area contributed by atoms with E-state index in [4.69, 9.17) is 5.73 Å². The van der Waals surface area contributed by atoms with Gasteiger partial charge in [0.25, 0.3) is 0 Å². The van der Waals surface area contributed by atoms with Gasteiger partial charge in [0, 0.05) is 12.6 Å². The van der Waals surface area contributed by atoms with Crippen LogP contribution >= 0.6 is 0 Å². The highest BCUT2D eigenvalue weighted by atomic mass is 19.1. The van der Waals surface area contributed by atoms with Crippen LogP contribution in [0, 0.1) is 11.6 Å². The van der Waals surface area contributed by atoms with Crippen LogP contribution in [0.15, 0.2) is 12.1 Å². The van der Waals surface area contributed by atoms with Crippen molar-refractivity contribution in [1.29, 1.82) is 0 Å². The van der Waals surface area contributed by atoms with Gasteiger partial charge in [-0.3, -0.25) is 0 Å². The molecule has 106 valence electrons. The molecule has 4 N–H and O–H groups in total. The van der Waals surface area contributed by atoms with Gasteiger partial charge in [-0.2, -0.15) is 0 Å². The second-order valence-electron chi connectivity index (χ2n) is 5.34. The Labute approximate surface area is 111 Å². The van der Waals surface area contributed by atoms with E-state index in [1.165, 1.54) is 0 Å². The molecule has 1 saturated carbocycles. The van der Waals surface area contributed by atoms with E-state index < -0.39 is 17.2 Å². The molecule has 1 aliphatic rings. The molecule has 1 aliphatic carbocycles. The van der Waals surface area contributed by atoms with Gasteiger partial charge in [-0.05, 0) is 18.9 Å². The van der Waals surface area contributed by atoms with Gasteiger partial charge in [0.1, 0.15) is 5.82 Å². The van der Waals surface area contributed by atoms with Gasteiger partial charge in [-0.25, -0.2) is 8.78 Å². The quantitative estimate of drug-likeness (QED) is 0.584. The molecule has 0 aromatic heterocycles. The normalized spacial score (nSPS) is 18.9. The zero-order valence-electron chi connectivity index (χ0n) is 10.9. The number of hydrogen-bond acceptors (Lipinski definition) is 3. The molecule has 0 bridgehead atoms. The summed E-state index contributed by atoms with van der Waals surface area (Å²) >= 11 is 0. The third-order valence-corrected chi connectivity index (χ3v) is 3.74. The molecular formula is C14H20F2N2O. The molecular weight excluding hydrogens is 250 g/mol. The molecule has 1 fully saturated rings. The maximum atomic E-state index is 13.3. The number of halogens is 2. The molecule has 0 heterocycles. The van der Waals surface area contributed by atoms with E-state index in [2.05, 4.69) is 5.32 Å². The number of nitrogens with one attached hydrogen (secondary N) is 1. The van der Waals surface area contributed by atoms with E-state index in [1.807, 2.05) is 0 Å². The largest absolute Gasteiger partial charge is 0.395 e. The first-order chi connectivity index (χ1) is 9.00. The van der Waals surface area contributed by atoms with E-state index in [0.29, 0.717) is 12.8 Å². The fourth-order valence-electron chi connectivity index (χ4n) is 2.55. The lowest BCUT2D eigenvalue weighted by Gasteiger charge is -2.27. The Morgan fingerprint density at radius 2 is 1.79 bits per heavy atom. The van der Waals surface area contributed by atoms with E-state index in [9.17, 15) is 13.9 Å². The fourth-order valence-corrected chi connectivity index (χ4v) is 2.55. The number of anilines is 2. The Kier molecular flexibility index (Phi) is 4.24.